The van der Waals surface area contributed by atoms with Crippen LogP contribution in [0.2, 0.25) is 0 Å². The van der Waals surface area contributed by atoms with Crippen LogP contribution in [-0.2, 0) is 6.54 Å². The number of carbonyl (C=O) groups is 1. The number of hydrogen-bond donors (Lipinski definition) is 1. The number of fused-ring (bicyclic) bond motifs is 1. The molecule has 0 unspecified atom stereocenters. The molecule has 0 bridgehead atoms. The molecule has 3 aromatic rings. The summed E-state index contributed by atoms with van der Waals surface area (Å²) in [6.07, 6.45) is 3.08. The molecule has 1 amide bonds. The van der Waals surface area contributed by atoms with Crippen molar-refractivity contribution in [3.63, 3.8) is 0 Å². The van der Waals surface area contributed by atoms with Crippen LogP contribution in [0.4, 0.5) is 0 Å². The van der Waals surface area contributed by atoms with Crippen LogP contribution in [0.5, 0.6) is 0 Å². The highest BCUT2D eigenvalue weighted by molar-refractivity contribution is 5.92. The number of amides is 1. The van der Waals surface area contributed by atoms with Crippen molar-refractivity contribution in [1.82, 2.24) is 30.3 Å². The number of rotatable bonds is 5. The Hall–Kier alpha value is -2.83. The molecule has 7 nitrogen and oxygen atoms in total. The fourth-order valence-corrected chi connectivity index (χ4v) is 2.41. The molecule has 0 saturated heterocycles. The van der Waals surface area contributed by atoms with Crippen molar-refractivity contribution in [2.45, 2.75) is 33.4 Å². The van der Waals surface area contributed by atoms with Crippen LogP contribution in [0.25, 0.3) is 11.0 Å². The zero-order valence-electron chi connectivity index (χ0n) is 14.0. The summed E-state index contributed by atoms with van der Waals surface area (Å²) < 4.78 is 1.82. The molecule has 7 heteroatoms. The van der Waals surface area contributed by atoms with E-state index >= 15 is 0 Å². The van der Waals surface area contributed by atoms with Gasteiger partial charge >= 0.3 is 0 Å². The van der Waals surface area contributed by atoms with Gasteiger partial charge in [-0.15, -0.1) is 5.10 Å². The lowest BCUT2D eigenvalue weighted by atomic mass is 10.0. The summed E-state index contributed by atoms with van der Waals surface area (Å²) in [6.45, 7) is 6.50. The minimum Gasteiger partial charge on any atom is -0.346 e. The number of carbonyl (C=O) groups excluding carboxylic acids is 1. The second-order valence-electron chi connectivity index (χ2n) is 6.13. The number of aromatic nitrogens is 5. The van der Waals surface area contributed by atoms with Crippen LogP contribution in [-0.4, -0.2) is 36.9 Å². The molecule has 2 heterocycles. The third-order valence-electron chi connectivity index (χ3n) is 3.92. The van der Waals surface area contributed by atoms with Crippen molar-refractivity contribution in [2.24, 2.45) is 5.92 Å². The fraction of sp³-hybridized carbons (Fsp3) is 0.353. The van der Waals surface area contributed by atoms with E-state index in [4.69, 9.17) is 0 Å². The largest absolute Gasteiger partial charge is 0.346 e. The van der Waals surface area contributed by atoms with Crippen LogP contribution in [0.15, 0.2) is 36.7 Å². The lowest BCUT2D eigenvalue weighted by Crippen LogP contribution is -2.42. The van der Waals surface area contributed by atoms with Gasteiger partial charge in [0, 0.05) is 6.20 Å². The topological polar surface area (TPSA) is 85.6 Å². The van der Waals surface area contributed by atoms with Gasteiger partial charge in [-0.25, -0.2) is 9.67 Å². The van der Waals surface area contributed by atoms with Crippen molar-refractivity contribution in [1.29, 1.82) is 0 Å². The molecule has 0 aliphatic carbocycles. The van der Waals surface area contributed by atoms with Gasteiger partial charge in [-0.2, -0.15) is 0 Å². The smallest absolute Gasteiger partial charge is 0.271 e. The second kappa shape index (κ2) is 6.74. The molecule has 0 fully saturated rings. The summed E-state index contributed by atoms with van der Waals surface area (Å²) in [5.74, 6) is 0.000871. The van der Waals surface area contributed by atoms with E-state index in [0.29, 0.717) is 12.2 Å². The Balaban J connectivity index is 1.77. The normalized spacial score (nSPS) is 12.5. The molecule has 0 saturated carbocycles. The zero-order chi connectivity index (χ0) is 17.1. The van der Waals surface area contributed by atoms with E-state index in [-0.39, 0.29) is 17.9 Å². The summed E-state index contributed by atoms with van der Waals surface area (Å²) >= 11 is 0. The molecular formula is C17H20N6O. The Kier molecular flexibility index (Phi) is 4.50. The summed E-state index contributed by atoms with van der Waals surface area (Å²) in [5.41, 5.74) is 2.89. The van der Waals surface area contributed by atoms with E-state index in [1.165, 1.54) is 6.20 Å². The van der Waals surface area contributed by atoms with Crippen molar-refractivity contribution in [3.05, 3.63) is 48.0 Å². The Labute approximate surface area is 140 Å². The average Bonchev–Trinajstić information content (AvgIpc) is 2.98. The molecule has 1 N–H and O–H groups in total. The van der Waals surface area contributed by atoms with E-state index in [1.54, 1.807) is 6.20 Å². The number of hydrogen-bond acceptors (Lipinski definition) is 5. The minimum absolute atomic E-state index is 0.0919. The quantitative estimate of drug-likeness (QED) is 0.775. The lowest BCUT2D eigenvalue weighted by molar-refractivity contribution is 0.0914. The first-order valence-corrected chi connectivity index (χ1v) is 7.92. The van der Waals surface area contributed by atoms with Gasteiger partial charge in [-0.05, 0) is 25.0 Å². The Morgan fingerprint density at radius 3 is 2.71 bits per heavy atom. The SMILES string of the molecule is Cc1cnc(C(=O)N[C@@H](Cn2nnc3ccccc32)C(C)C)cn1. The van der Waals surface area contributed by atoms with Crippen molar-refractivity contribution < 1.29 is 4.79 Å². The number of aryl methyl sites for hydroxylation is 1. The molecule has 2 aromatic heterocycles. The maximum atomic E-state index is 12.4. The van der Waals surface area contributed by atoms with Crippen LogP contribution in [0.3, 0.4) is 0 Å². The van der Waals surface area contributed by atoms with Gasteiger partial charge < -0.3 is 5.32 Å². The zero-order valence-corrected chi connectivity index (χ0v) is 14.0. The van der Waals surface area contributed by atoms with Gasteiger partial charge in [0.2, 0.25) is 0 Å². The monoisotopic (exact) mass is 324 g/mol. The van der Waals surface area contributed by atoms with E-state index in [1.807, 2.05) is 35.9 Å². The predicted octanol–water partition coefficient (Wildman–Crippen LogP) is 1.98. The molecule has 1 atom stereocenters. The van der Waals surface area contributed by atoms with E-state index in [0.717, 1.165) is 16.7 Å². The molecule has 24 heavy (non-hydrogen) atoms. The summed E-state index contributed by atoms with van der Waals surface area (Å²) in [4.78, 5) is 20.7. The van der Waals surface area contributed by atoms with Crippen molar-refractivity contribution >= 4 is 16.9 Å². The van der Waals surface area contributed by atoms with Gasteiger partial charge in [0.15, 0.2) is 0 Å². The summed E-state index contributed by atoms with van der Waals surface area (Å²) in [5, 5.41) is 11.4. The molecule has 124 valence electrons. The number of nitrogens with zero attached hydrogens (tertiary/aromatic N) is 5. The standard InChI is InChI=1S/C17H20N6O/c1-11(2)15(20-17(24)14-9-18-12(3)8-19-14)10-23-16-7-5-4-6-13(16)21-22-23/h4-9,11,15H,10H2,1-3H3,(H,20,24)/t15-/m0/s1. The maximum absolute atomic E-state index is 12.4. The first-order chi connectivity index (χ1) is 11.5. The number of para-hydroxylation sites is 1. The first-order valence-electron chi connectivity index (χ1n) is 7.92. The third kappa shape index (κ3) is 3.40. The van der Waals surface area contributed by atoms with Gasteiger partial charge in [-0.3, -0.25) is 9.78 Å². The van der Waals surface area contributed by atoms with Gasteiger partial charge in [0.25, 0.3) is 5.91 Å². The molecule has 0 aliphatic rings. The highest BCUT2D eigenvalue weighted by Gasteiger charge is 2.20. The van der Waals surface area contributed by atoms with Crippen LogP contribution in [0, 0.1) is 12.8 Å². The molecule has 0 spiro atoms. The lowest BCUT2D eigenvalue weighted by Gasteiger charge is -2.22. The Morgan fingerprint density at radius 2 is 2.00 bits per heavy atom. The summed E-state index contributed by atoms with van der Waals surface area (Å²) in [6, 6.07) is 7.68. The molecule has 0 aliphatic heterocycles. The second-order valence-corrected chi connectivity index (χ2v) is 6.13. The Bertz CT molecular complexity index is 840. The third-order valence-corrected chi connectivity index (χ3v) is 3.92. The predicted molar refractivity (Wildman–Crippen MR) is 90.4 cm³/mol. The van der Waals surface area contributed by atoms with Crippen molar-refractivity contribution in [3.8, 4) is 0 Å². The van der Waals surface area contributed by atoms with Crippen LogP contribution in [0.1, 0.15) is 30.0 Å². The number of nitrogens with one attached hydrogen (secondary N) is 1. The first kappa shape index (κ1) is 16.0. The average molecular weight is 324 g/mol. The molecule has 3 rings (SSSR count). The van der Waals surface area contributed by atoms with Gasteiger partial charge in [0.1, 0.15) is 11.2 Å². The summed E-state index contributed by atoms with van der Waals surface area (Å²) in [7, 11) is 0. The number of benzene rings is 1. The van der Waals surface area contributed by atoms with E-state index in [2.05, 4.69) is 39.4 Å². The minimum atomic E-state index is -0.231. The fourth-order valence-electron chi connectivity index (χ4n) is 2.41. The molecular weight excluding hydrogens is 304 g/mol. The van der Waals surface area contributed by atoms with E-state index < -0.39 is 0 Å². The highest BCUT2D eigenvalue weighted by atomic mass is 16.2. The molecule has 0 radical (unpaired) electrons. The van der Waals surface area contributed by atoms with Gasteiger partial charge in [0.05, 0.1) is 30.0 Å². The maximum Gasteiger partial charge on any atom is 0.271 e. The van der Waals surface area contributed by atoms with Crippen LogP contribution < -0.4 is 5.32 Å². The van der Waals surface area contributed by atoms with Crippen molar-refractivity contribution in [2.75, 3.05) is 0 Å². The van der Waals surface area contributed by atoms with Gasteiger partial charge in [-0.1, -0.05) is 31.2 Å². The van der Waals surface area contributed by atoms with Crippen LogP contribution >= 0.6 is 0 Å². The highest BCUT2D eigenvalue weighted by Crippen LogP contribution is 2.13. The van der Waals surface area contributed by atoms with E-state index in [9.17, 15) is 4.79 Å². The molecule has 1 aromatic carbocycles. The Morgan fingerprint density at radius 1 is 1.21 bits per heavy atom.